The summed E-state index contributed by atoms with van der Waals surface area (Å²) in [6.07, 6.45) is 0. The molecule has 0 unspecified atom stereocenters. The number of hydrogen-bond donors (Lipinski definition) is 2. The molecule has 0 spiro atoms. The van der Waals surface area contributed by atoms with E-state index in [0.29, 0.717) is 5.52 Å². The Morgan fingerprint density at radius 2 is 1.87 bits per heavy atom. The van der Waals surface area contributed by atoms with Crippen molar-refractivity contribution in [1.29, 1.82) is 0 Å². The van der Waals surface area contributed by atoms with Gasteiger partial charge in [0.1, 0.15) is 0 Å². The second kappa shape index (κ2) is 5.68. The van der Waals surface area contributed by atoms with Crippen molar-refractivity contribution < 1.29 is 12.8 Å². The quantitative estimate of drug-likeness (QED) is 0.766. The summed E-state index contributed by atoms with van der Waals surface area (Å²) in [5.41, 5.74) is 3.82. The predicted octanol–water partition coefficient (Wildman–Crippen LogP) is 2.22. The average Bonchev–Trinajstić information content (AvgIpc) is 2.87. The molecule has 1 aromatic heterocycles. The van der Waals surface area contributed by atoms with Gasteiger partial charge in [0.25, 0.3) is 0 Å². The van der Waals surface area contributed by atoms with Gasteiger partial charge in [-0.05, 0) is 42.7 Å². The van der Waals surface area contributed by atoms with Crippen molar-refractivity contribution in [3.63, 3.8) is 0 Å². The van der Waals surface area contributed by atoms with Crippen LogP contribution in [0.25, 0.3) is 11.1 Å². The van der Waals surface area contributed by atoms with Gasteiger partial charge in [0, 0.05) is 12.6 Å². The third-order valence-electron chi connectivity index (χ3n) is 3.74. The zero-order valence-electron chi connectivity index (χ0n) is 12.7. The number of hydrogen-bond acceptors (Lipinski definition) is 4. The molecule has 0 aliphatic rings. The Bertz CT molecular complexity index is 1030. The minimum Gasteiger partial charge on any atom is -0.408 e. The van der Waals surface area contributed by atoms with Crippen LogP contribution in [0.1, 0.15) is 16.7 Å². The minimum atomic E-state index is -3.69. The summed E-state index contributed by atoms with van der Waals surface area (Å²) >= 11 is 0. The van der Waals surface area contributed by atoms with Gasteiger partial charge in [0.15, 0.2) is 5.58 Å². The second-order valence-electron chi connectivity index (χ2n) is 5.42. The maximum Gasteiger partial charge on any atom is 0.417 e. The molecule has 0 atom stereocenters. The van der Waals surface area contributed by atoms with E-state index >= 15 is 0 Å². The number of nitrogens with one attached hydrogen (secondary N) is 2. The number of H-pyrrole nitrogens is 1. The van der Waals surface area contributed by atoms with E-state index in [9.17, 15) is 13.2 Å². The molecule has 0 saturated carbocycles. The summed E-state index contributed by atoms with van der Waals surface area (Å²) in [7, 11) is -3.69. The van der Waals surface area contributed by atoms with E-state index < -0.39 is 15.8 Å². The first kappa shape index (κ1) is 15.5. The van der Waals surface area contributed by atoms with Crippen molar-refractivity contribution in [1.82, 2.24) is 9.71 Å². The van der Waals surface area contributed by atoms with Crippen molar-refractivity contribution in [2.75, 3.05) is 0 Å². The molecular formula is C16H16N2O4S. The molecule has 6 nitrogen and oxygen atoms in total. The molecule has 23 heavy (non-hydrogen) atoms. The van der Waals surface area contributed by atoms with Gasteiger partial charge in [-0.3, -0.25) is 4.98 Å². The van der Waals surface area contributed by atoms with Crippen LogP contribution in [-0.2, 0) is 16.6 Å². The summed E-state index contributed by atoms with van der Waals surface area (Å²) < 4.78 is 32.2. The Morgan fingerprint density at radius 1 is 1.09 bits per heavy atom. The maximum absolute atomic E-state index is 12.4. The molecule has 3 rings (SSSR count). The number of aryl methyl sites for hydroxylation is 2. The zero-order chi connectivity index (χ0) is 16.6. The molecule has 7 heteroatoms. The fourth-order valence-electron chi connectivity index (χ4n) is 2.27. The highest BCUT2D eigenvalue weighted by molar-refractivity contribution is 7.89. The zero-order valence-corrected chi connectivity index (χ0v) is 13.5. The molecule has 0 aliphatic heterocycles. The van der Waals surface area contributed by atoms with Crippen LogP contribution in [0.15, 0.2) is 50.5 Å². The fourth-order valence-corrected chi connectivity index (χ4v) is 3.30. The summed E-state index contributed by atoms with van der Waals surface area (Å²) in [4.78, 5) is 13.7. The molecule has 0 fully saturated rings. The first-order chi connectivity index (χ1) is 10.8. The lowest BCUT2D eigenvalue weighted by Crippen LogP contribution is -2.23. The molecule has 0 bridgehead atoms. The number of benzene rings is 2. The molecule has 0 aliphatic carbocycles. The molecule has 2 N–H and O–H groups in total. The number of rotatable bonds is 4. The number of fused-ring (bicyclic) bond motifs is 1. The van der Waals surface area contributed by atoms with E-state index in [1.165, 1.54) is 18.2 Å². The van der Waals surface area contributed by atoms with Gasteiger partial charge in [-0.1, -0.05) is 18.2 Å². The molecular weight excluding hydrogens is 316 g/mol. The smallest absolute Gasteiger partial charge is 0.408 e. The molecule has 1 heterocycles. The normalized spacial score (nSPS) is 11.9. The largest absolute Gasteiger partial charge is 0.417 e. The SMILES string of the molecule is Cc1ccc(CNS(=O)(=O)c2ccc3[nH]c(=O)oc3c2)cc1C. The molecule has 0 saturated heterocycles. The van der Waals surface area contributed by atoms with Crippen LogP contribution in [0, 0.1) is 13.8 Å². The Hall–Kier alpha value is -2.38. The highest BCUT2D eigenvalue weighted by Gasteiger charge is 2.15. The van der Waals surface area contributed by atoms with Gasteiger partial charge in [0.2, 0.25) is 10.0 Å². The lowest BCUT2D eigenvalue weighted by molar-refractivity contribution is 0.553. The van der Waals surface area contributed by atoms with E-state index in [2.05, 4.69) is 9.71 Å². The van der Waals surface area contributed by atoms with E-state index in [4.69, 9.17) is 4.42 Å². The summed E-state index contributed by atoms with van der Waals surface area (Å²) in [6, 6.07) is 10.1. The van der Waals surface area contributed by atoms with Crippen LogP contribution in [0.2, 0.25) is 0 Å². The minimum absolute atomic E-state index is 0.0524. The van der Waals surface area contributed by atoms with Gasteiger partial charge in [-0.15, -0.1) is 0 Å². The van der Waals surface area contributed by atoms with Gasteiger partial charge < -0.3 is 4.42 Å². The number of sulfonamides is 1. The van der Waals surface area contributed by atoms with E-state index in [1.807, 2.05) is 32.0 Å². The van der Waals surface area contributed by atoms with Crippen molar-refractivity contribution in [2.45, 2.75) is 25.3 Å². The third-order valence-corrected chi connectivity index (χ3v) is 5.14. The Kier molecular flexibility index (Phi) is 3.83. The monoisotopic (exact) mass is 332 g/mol. The van der Waals surface area contributed by atoms with Crippen LogP contribution < -0.4 is 10.5 Å². The van der Waals surface area contributed by atoms with Gasteiger partial charge >= 0.3 is 5.76 Å². The van der Waals surface area contributed by atoms with Crippen molar-refractivity contribution in [3.05, 3.63) is 63.6 Å². The van der Waals surface area contributed by atoms with Gasteiger partial charge in [-0.2, -0.15) is 0 Å². The molecule has 0 radical (unpaired) electrons. The summed E-state index contributed by atoms with van der Waals surface area (Å²) in [5, 5.41) is 0. The van der Waals surface area contributed by atoms with Crippen LogP contribution >= 0.6 is 0 Å². The van der Waals surface area contributed by atoms with E-state index in [-0.39, 0.29) is 17.0 Å². The Morgan fingerprint density at radius 3 is 2.61 bits per heavy atom. The molecule has 120 valence electrons. The highest BCUT2D eigenvalue weighted by Crippen LogP contribution is 2.17. The second-order valence-corrected chi connectivity index (χ2v) is 7.18. The van der Waals surface area contributed by atoms with Crippen LogP contribution in [0.3, 0.4) is 0 Å². The number of aromatic nitrogens is 1. The van der Waals surface area contributed by atoms with Crippen molar-refractivity contribution >= 4 is 21.1 Å². The Labute approximate surface area is 133 Å². The van der Waals surface area contributed by atoms with Gasteiger partial charge in [0.05, 0.1) is 10.4 Å². The van der Waals surface area contributed by atoms with Gasteiger partial charge in [-0.25, -0.2) is 17.9 Å². The molecule has 2 aromatic carbocycles. The van der Waals surface area contributed by atoms with Crippen molar-refractivity contribution in [2.24, 2.45) is 0 Å². The van der Waals surface area contributed by atoms with E-state index in [0.717, 1.165) is 16.7 Å². The summed E-state index contributed by atoms with van der Waals surface area (Å²) in [5.74, 6) is -0.613. The van der Waals surface area contributed by atoms with Crippen LogP contribution in [0.5, 0.6) is 0 Å². The lowest BCUT2D eigenvalue weighted by atomic mass is 10.1. The molecule has 0 amide bonds. The predicted molar refractivity (Wildman–Crippen MR) is 86.8 cm³/mol. The lowest BCUT2D eigenvalue weighted by Gasteiger charge is -2.08. The first-order valence-electron chi connectivity index (χ1n) is 7.04. The Balaban J connectivity index is 1.84. The molecule has 3 aromatic rings. The van der Waals surface area contributed by atoms with Crippen LogP contribution in [-0.4, -0.2) is 13.4 Å². The number of aromatic amines is 1. The topological polar surface area (TPSA) is 92.2 Å². The summed E-state index contributed by atoms with van der Waals surface area (Å²) in [6.45, 7) is 4.18. The highest BCUT2D eigenvalue weighted by atomic mass is 32.2. The first-order valence-corrected chi connectivity index (χ1v) is 8.52. The maximum atomic E-state index is 12.4. The van der Waals surface area contributed by atoms with Crippen LogP contribution in [0.4, 0.5) is 0 Å². The van der Waals surface area contributed by atoms with E-state index in [1.54, 1.807) is 0 Å². The third kappa shape index (κ3) is 3.20. The standard InChI is InChI=1S/C16H16N2O4S/c1-10-3-4-12(7-11(10)2)9-17-23(20,21)13-5-6-14-15(8-13)22-16(19)18-14/h3-8,17H,9H2,1-2H3,(H,18,19). The average molecular weight is 332 g/mol. The fraction of sp³-hybridized carbons (Fsp3) is 0.188. The number of oxazole rings is 1. The van der Waals surface area contributed by atoms with Crippen molar-refractivity contribution in [3.8, 4) is 0 Å².